The zero-order valence-corrected chi connectivity index (χ0v) is 17.6. The first-order valence-electron chi connectivity index (χ1n) is 9.72. The molecule has 152 valence electrons. The highest BCUT2D eigenvalue weighted by Crippen LogP contribution is 2.35. The minimum atomic E-state index is -0.0891. The molecule has 0 bridgehead atoms. The van der Waals surface area contributed by atoms with Gasteiger partial charge in [0.15, 0.2) is 5.16 Å². The normalized spacial score (nSPS) is 18.7. The lowest BCUT2D eigenvalue weighted by atomic mass is 10.2. The second kappa shape index (κ2) is 8.94. The molecule has 1 N–H and O–H groups in total. The van der Waals surface area contributed by atoms with Crippen molar-refractivity contribution >= 4 is 39.2 Å². The number of nitrogens with one attached hydrogen (secondary N) is 1. The summed E-state index contributed by atoms with van der Waals surface area (Å²) in [5.41, 5.74) is 1.20. The third-order valence-electron chi connectivity index (χ3n) is 5.16. The average Bonchev–Trinajstić information content (AvgIpc) is 3.40. The Morgan fingerprint density at radius 3 is 3.11 bits per heavy atom. The maximum absolute atomic E-state index is 13.4. The number of fused-ring (bicyclic) bond motifs is 3. The Hall–Kier alpha value is -1.42. The van der Waals surface area contributed by atoms with Gasteiger partial charge >= 0.3 is 0 Å². The van der Waals surface area contributed by atoms with Crippen molar-refractivity contribution < 1.29 is 14.3 Å². The minimum Gasteiger partial charge on any atom is -0.383 e. The number of hydrogen-bond acceptors (Lipinski definition) is 7. The van der Waals surface area contributed by atoms with E-state index in [4.69, 9.17) is 14.5 Å². The molecule has 9 heteroatoms. The van der Waals surface area contributed by atoms with Crippen molar-refractivity contribution in [3.05, 3.63) is 20.8 Å². The first kappa shape index (κ1) is 19.9. The number of carbonyl (C=O) groups excluding carboxylic acids is 1. The fraction of sp³-hybridized carbons (Fsp3) is 0.632. The molecule has 28 heavy (non-hydrogen) atoms. The Bertz CT molecular complexity index is 918. The summed E-state index contributed by atoms with van der Waals surface area (Å²) in [6.45, 7) is 2.20. The SMILES string of the molecule is COCCNC(=O)CSc1nc2sc3c(c2c(=O)n1C[C@@H]1CCCO1)CCC3. The average molecular weight is 424 g/mol. The van der Waals surface area contributed by atoms with Crippen LogP contribution >= 0.6 is 23.1 Å². The largest absolute Gasteiger partial charge is 0.383 e. The third kappa shape index (κ3) is 4.12. The standard InChI is InChI=1S/C19H25N3O4S2/c1-25-9-7-20-15(23)11-27-19-21-17-16(13-5-2-6-14(13)28-17)18(24)22(19)10-12-4-3-8-26-12/h12H,2-11H2,1H3,(H,20,23)/t12-/m0/s1. The van der Waals surface area contributed by atoms with Gasteiger partial charge in [0.1, 0.15) is 4.83 Å². The molecule has 0 saturated carbocycles. The maximum Gasteiger partial charge on any atom is 0.263 e. The van der Waals surface area contributed by atoms with Gasteiger partial charge in [0.05, 0.1) is 30.4 Å². The summed E-state index contributed by atoms with van der Waals surface area (Å²) in [4.78, 5) is 32.3. The van der Waals surface area contributed by atoms with E-state index in [0.717, 1.165) is 48.9 Å². The molecule has 1 atom stereocenters. The second-order valence-corrected chi connectivity index (χ2v) is 9.14. The Balaban J connectivity index is 1.61. The van der Waals surface area contributed by atoms with E-state index in [-0.39, 0.29) is 23.3 Å². The van der Waals surface area contributed by atoms with Gasteiger partial charge in [-0.25, -0.2) is 4.98 Å². The van der Waals surface area contributed by atoms with Crippen LogP contribution in [0.4, 0.5) is 0 Å². The van der Waals surface area contributed by atoms with Crippen molar-refractivity contribution in [2.24, 2.45) is 0 Å². The van der Waals surface area contributed by atoms with Gasteiger partial charge in [0, 0.05) is 25.1 Å². The number of nitrogens with zero attached hydrogens (tertiary/aromatic N) is 2. The van der Waals surface area contributed by atoms with Crippen LogP contribution in [0.5, 0.6) is 0 Å². The van der Waals surface area contributed by atoms with Gasteiger partial charge < -0.3 is 14.8 Å². The molecular formula is C19H25N3O4S2. The Kier molecular flexibility index (Phi) is 6.35. The van der Waals surface area contributed by atoms with Crippen molar-refractivity contribution in [3.63, 3.8) is 0 Å². The van der Waals surface area contributed by atoms with E-state index in [1.165, 1.54) is 22.2 Å². The van der Waals surface area contributed by atoms with Crippen LogP contribution in [0, 0.1) is 0 Å². The number of aromatic nitrogens is 2. The van der Waals surface area contributed by atoms with Gasteiger partial charge in [0.25, 0.3) is 5.56 Å². The first-order chi connectivity index (χ1) is 13.7. The van der Waals surface area contributed by atoms with E-state index in [1.54, 1.807) is 23.0 Å². The van der Waals surface area contributed by atoms with Crippen molar-refractivity contribution in [3.8, 4) is 0 Å². The van der Waals surface area contributed by atoms with Crippen molar-refractivity contribution in [2.45, 2.75) is 49.9 Å². The molecule has 1 saturated heterocycles. The van der Waals surface area contributed by atoms with Gasteiger partial charge in [-0.3, -0.25) is 14.2 Å². The molecule has 2 aromatic rings. The molecule has 1 fully saturated rings. The van der Waals surface area contributed by atoms with E-state index >= 15 is 0 Å². The van der Waals surface area contributed by atoms with E-state index in [1.807, 2.05) is 0 Å². The highest BCUT2D eigenvalue weighted by atomic mass is 32.2. The molecule has 2 aromatic heterocycles. The highest BCUT2D eigenvalue weighted by Gasteiger charge is 2.25. The molecule has 0 aromatic carbocycles. The summed E-state index contributed by atoms with van der Waals surface area (Å²) >= 11 is 2.95. The van der Waals surface area contributed by atoms with E-state index in [9.17, 15) is 9.59 Å². The van der Waals surface area contributed by atoms with Crippen LogP contribution in [-0.4, -0.2) is 54.2 Å². The summed E-state index contributed by atoms with van der Waals surface area (Å²) in [6, 6.07) is 0. The molecule has 3 heterocycles. The molecular weight excluding hydrogens is 398 g/mol. The number of rotatable bonds is 8. The van der Waals surface area contributed by atoms with E-state index in [2.05, 4.69) is 5.32 Å². The lowest BCUT2D eigenvalue weighted by Gasteiger charge is -2.16. The lowest BCUT2D eigenvalue weighted by molar-refractivity contribution is -0.118. The summed E-state index contributed by atoms with van der Waals surface area (Å²) < 4.78 is 12.4. The van der Waals surface area contributed by atoms with Crippen molar-refractivity contribution in [1.82, 2.24) is 14.9 Å². The van der Waals surface area contributed by atoms with Crippen LogP contribution < -0.4 is 10.9 Å². The van der Waals surface area contributed by atoms with Crippen LogP contribution in [0.25, 0.3) is 10.2 Å². The smallest absolute Gasteiger partial charge is 0.263 e. The number of methoxy groups -OCH3 is 1. The predicted molar refractivity (Wildman–Crippen MR) is 110 cm³/mol. The number of aryl methyl sites for hydroxylation is 2. The second-order valence-electron chi connectivity index (χ2n) is 7.11. The molecule has 4 rings (SSSR count). The molecule has 0 unspecified atom stereocenters. The summed E-state index contributed by atoms with van der Waals surface area (Å²) in [6.07, 6.45) is 5.12. The number of carbonyl (C=O) groups is 1. The Labute approximate surface area is 171 Å². The molecule has 1 aliphatic heterocycles. The van der Waals surface area contributed by atoms with Gasteiger partial charge in [-0.2, -0.15) is 0 Å². The van der Waals surface area contributed by atoms with Crippen LogP contribution in [0.1, 0.15) is 29.7 Å². The van der Waals surface area contributed by atoms with E-state index in [0.29, 0.717) is 24.9 Å². The monoisotopic (exact) mass is 423 g/mol. The van der Waals surface area contributed by atoms with Crippen molar-refractivity contribution in [2.75, 3.05) is 32.6 Å². The Morgan fingerprint density at radius 1 is 1.43 bits per heavy atom. The quantitative estimate of drug-likeness (QED) is 0.397. The van der Waals surface area contributed by atoms with Crippen LogP contribution in [0.15, 0.2) is 9.95 Å². The molecule has 2 aliphatic rings. The zero-order chi connectivity index (χ0) is 19.5. The predicted octanol–water partition coefficient (Wildman–Crippen LogP) is 1.98. The fourth-order valence-corrected chi connectivity index (χ4v) is 5.94. The summed E-state index contributed by atoms with van der Waals surface area (Å²) in [5.74, 6) is 0.131. The van der Waals surface area contributed by atoms with Crippen molar-refractivity contribution in [1.29, 1.82) is 0 Å². The van der Waals surface area contributed by atoms with Crippen LogP contribution in [0.3, 0.4) is 0 Å². The number of amides is 1. The number of thiophene rings is 1. The zero-order valence-electron chi connectivity index (χ0n) is 16.0. The minimum absolute atomic E-state index is 0.0159. The van der Waals surface area contributed by atoms with Crippen LogP contribution in [0.2, 0.25) is 0 Å². The molecule has 7 nitrogen and oxygen atoms in total. The fourth-order valence-electron chi connectivity index (χ4n) is 3.80. The number of thioether (sulfide) groups is 1. The third-order valence-corrected chi connectivity index (χ3v) is 7.32. The highest BCUT2D eigenvalue weighted by molar-refractivity contribution is 7.99. The maximum atomic E-state index is 13.4. The molecule has 1 amide bonds. The van der Waals surface area contributed by atoms with Gasteiger partial charge in [-0.05, 0) is 37.7 Å². The van der Waals surface area contributed by atoms with Gasteiger partial charge in [-0.15, -0.1) is 11.3 Å². The van der Waals surface area contributed by atoms with Gasteiger partial charge in [0.2, 0.25) is 5.91 Å². The number of hydrogen-bond donors (Lipinski definition) is 1. The Morgan fingerprint density at radius 2 is 2.32 bits per heavy atom. The molecule has 1 aliphatic carbocycles. The van der Waals surface area contributed by atoms with Gasteiger partial charge in [-0.1, -0.05) is 11.8 Å². The lowest BCUT2D eigenvalue weighted by Crippen LogP contribution is -2.31. The topological polar surface area (TPSA) is 82.5 Å². The first-order valence-corrected chi connectivity index (χ1v) is 11.5. The van der Waals surface area contributed by atoms with E-state index < -0.39 is 0 Å². The molecule has 0 radical (unpaired) electrons. The summed E-state index contributed by atoms with van der Waals surface area (Å²) in [7, 11) is 1.60. The van der Waals surface area contributed by atoms with Crippen LogP contribution in [-0.2, 0) is 33.7 Å². The number of ether oxygens (including phenoxy) is 2. The summed E-state index contributed by atoms with van der Waals surface area (Å²) in [5, 5.41) is 4.20. The molecule has 0 spiro atoms.